The van der Waals surface area contributed by atoms with E-state index in [1.54, 1.807) is 30.3 Å². The van der Waals surface area contributed by atoms with Crippen LogP contribution in [0.4, 0.5) is 0 Å². The van der Waals surface area contributed by atoms with Crippen LogP contribution in [0.25, 0.3) is 11.0 Å². The zero-order valence-electron chi connectivity index (χ0n) is 14.9. The molecule has 3 aromatic rings. The molecule has 0 atom stereocenters. The molecule has 3 rings (SSSR count). The summed E-state index contributed by atoms with van der Waals surface area (Å²) in [4.78, 5) is 33.0. The van der Waals surface area contributed by atoms with E-state index in [9.17, 15) is 9.59 Å². The first-order valence-electron chi connectivity index (χ1n) is 8.23. The Bertz CT molecular complexity index is 982. The third-order valence-electron chi connectivity index (χ3n) is 3.98. The Labute approximate surface area is 151 Å². The number of hydrogen-bond donors (Lipinski definition) is 1. The van der Waals surface area contributed by atoms with E-state index in [1.165, 1.54) is 0 Å². The van der Waals surface area contributed by atoms with E-state index >= 15 is 0 Å². The Morgan fingerprint density at radius 1 is 0.923 bits per heavy atom. The Morgan fingerprint density at radius 3 is 2.27 bits per heavy atom. The summed E-state index contributed by atoms with van der Waals surface area (Å²) in [7, 11) is 0. The molecule has 1 aromatic heterocycles. The van der Waals surface area contributed by atoms with E-state index in [0.717, 1.165) is 22.5 Å². The van der Waals surface area contributed by atoms with E-state index in [4.69, 9.17) is 4.74 Å². The number of carbonyl (C=O) groups is 2. The molecule has 0 bridgehead atoms. The number of carbonyl (C=O) groups excluding carboxylic acids is 2. The number of fused-ring (bicyclic) bond motifs is 1. The van der Waals surface area contributed by atoms with E-state index in [-0.39, 0.29) is 12.5 Å². The van der Waals surface area contributed by atoms with E-state index in [2.05, 4.69) is 15.3 Å². The monoisotopic (exact) mass is 349 g/mol. The second kappa shape index (κ2) is 7.31. The molecule has 1 amide bonds. The van der Waals surface area contributed by atoms with Crippen LogP contribution in [0.15, 0.2) is 42.5 Å². The van der Waals surface area contributed by atoms with Crippen molar-refractivity contribution in [3.05, 3.63) is 65.0 Å². The van der Waals surface area contributed by atoms with Gasteiger partial charge in [-0.15, -0.1) is 0 Å². The fraction of sp³-hybridized carbons (Fsp3) is 0.200. The lowest BCUT2D eigenvalue weighted by Crippen LogP contribution is -2.31. The first-order valence-corrected chi connectivity index (χ1v) is 8.23. The second-order valence-electron chi connectivity index (χ2n) is 6.07. The summed E-state index contributed by atoms with van der Waals surface area (Å²) in [5, 5.41) is 2.56. The fourth-order valence-electron chi connectivity index (χ4n) is 2.40. The van der Waals surface area contributed by atoms with Crippen LogP contribution < -0.4 is 10.1 Å². The molecular formula is C20H19N3O3. The Hall–Kier alpha value is -3.28. The lowest BCUT2D eigenvalue weighted by Gasteiger charge is -2.08. The highest BCUT2D eigenvalue weighted by atomic mass is 16.5. The van der Waals surface area contributed by atoms with Crippen molar-refractivity contribution in [2.75, 3.05) is 6.54 Å². The molecule has 0 radical (unpaired) electrons. The second-order valence-corrected chi connectivity index (χ2v) is 6.07. The van der Waals surface area contributed by atoms with Crippen molar-refractivity contribution < 1.29 is 14.3 Å². The van der Waals surface area contributed by atoms with Crippen molar-refractivity contribution in [3.63, 3.8) is 0 Å². The molecule has 26 heavy (non-hydrogen) atoms. The third kappa shape index (κ3) is 4.03. The number of nitrogens with one attached hydrogen (secondary N) is 1. The van der Waals surface area contributed by atoms with Crippen LogP contribution in [0.2, 0.25) is 0 Å². The zero-order chi connectivity index (χ0) is 18.7. The smallest absolute Gasteiger partial charge is 0.330 e. The SMILES string of the molecule is Cc1ccc(OC(=O)CNC(=O)c2ccc3nc(C)c(C)nc3c2)cc1. The number of nitrogens with zero attached hydrogens (tertiary/aromatic N) is 2. The molecule has 6 nitrogen and oxygen atoms in total. The predicted molar refractivity (Wildman–Crippen MR) is 98.2 cm³/mol. The van der Waals surface area contributed by atoms with Crippen molar-refractivity contribution >= 4 is 22.9 Å². The highest BCUT2D eigenvalue weighted by Crippen LogP contribution is 2.15. The van der Waals surface area contributed by atoms with Gasteiger partial charge in [-0.05, 0) is 51.1 Å². The summed E-state index contributed by atoms with van der Waals surface area (Å²) >= 11 is 0. The van der Waals surface area contributed by atoms with Crippen LogP contribution in [-0.2, 0) is 4.79 Å². The van der Waals surface area contributed by atoms with Gasteiger partial charge in [-0.3, -0.25) is 4.79 Å². The largest absolute Gasteiger partial charge is 0.425 e. The molecule has 0 saturated heterocycles. The van der Waals surface area contributed by atoms with Gasteiger partial charge < -0.3 is 10.1 Å². The Balaban J connectivity index is 1.64. The van der Waals surface area contributed by atoms with Crippen LogP contribution in [0.3, 0.4) is 0 Å². The number of benzene rings is 2. The van der Waals surface area contributed by atoms with Gasteiger partial charge in [0.2, 0.25) is 0 Å². The van der Waals surface area contributed by atoms with Crippen LogP contribution >= 0.6 is 0 Å². The topological polar surface area (TPSA) is 81.2 Å². The van der Waals surface area contributed by atoms with Gasteiger partial charge in [-0.1, -0.05) is 17.7 Å². The molecule has 0 unspecified atom stereocenters. The number of rotatable bonds is 4. The van der Waals surface area contributed by atoms with Crippen molar-refractivity contribution in [2.45, 2.75) is 20.8 Å². The highest BCUT2D eigenvalue weighted by molar-refractivity contribution is 5.98. The number of aryl methyl sites for hydroxylation is 3. The molecule has 0 saturated carbocycles. The average molecular weight is 349 g/mol. The number of hydrogen-bond acceptors (Lipinski definition) is 5. The fourth-order valence-corrected chi connectivity index (χ4v) is 2.40. The minimum absolute atomic E-state index is 0.219. The molecule has 1 heterocycles. The van der Waals surface area contributed by atoms with Crippen LogP contribution in [0.5, 0.6) is 5.75 Å². The molecule has 0 fully saturated rings. The molecule has 0 aliphatic heterocycles. The third-order valence-corrected chi connectivity index (χ3v) is 3.98. The summed E-state index contributed by atoms with van der Waals surface area (Å²) in [6.07, 6.45) is 0. The van der Waals surface area contributed by atoms with E-state index in [0.29, 0.717) is 16.8 Å². The molecule has 0 aliphatic carbocycles. The maximum Gasteiger partial charge on any atom is 0.330 e. The van der Waals surface area contributed by atoms with Gasteiger partial charge in [-0.2, -0.15) is 0 Å². The molecule has 132 valence electrons. The van der Waals surface area contributed by atoms with Crippen molar-refractivity contribution in [2.24, 2.45) is 0 Å². The van der Waals surface area contributed by atoms with Crippen molar-refractivity contribution in [1.82, 2.24) is 15.3 Å². The molecular weight excluding hydrogens is 330 g/mol. The minimum Gasteiger partial charge on any atom is -0.425 e. The highest BCUT2D eigenvalue weighted by Gasteiger charge is 2.11. The first kappa shape index (κ1) is 17.5. The van der Waals surface area contributed by atoms with Crippen molar-refractivity contribution in [3.8, 4) is 5.75 Å². The molecule has 0 spiro atoms. The lowest BCUT2D eigenvalue weighted by molar-refractivity contribution is -0.133. The zero-order valence-corrected chi connectivity index (χ0v) is 14.9. The standard InChI is InChI=1S/C20H19N3O3/c1-12-4-7-16(8-5-12)26-19(24)11-21-20(25)15-6-9-17-18(10-15)23-14(3)13(2)22-17/h4-10H,11H2,1-3H3,(H,21,25). The van der Waals surface area contributed by atoms with Gasteiger partial charge in [0.05, 0.1) is 22.4 Å². The van der Waals surface area contributed by atoms with Gasteiger partial charge in [0.15, 0.2) is 0 Å². The average Bonchev–Trinajstić information content (AvgIpc) is 2.62. The predicted octanol–water partition coefficient (Wildman–Crippen LogP) is 2.89. The van der Waals surface area contributed by atoms with Crippen LogP contribution in [0, 0.1) is 20.8 Å². The number of amides is 1. The number of ether oxygens (including phenoxy) is 1. The molecule has 6 heteroatoms. The maximum atomic E-state index is 12.3. The summed E-state index contributed by atoms with van der Waals surface area (Å²) in [6.45, 7) is 5.49. The minimum atomic E-state index is -0.533. The summed E-state index contributed by atoms with van der Waals surface area (Å²) < 4.78 is 5.18. The summed E-state index contributed by atoms with van der Waals surface area (Å²) in [6, 6.07) is 12.2. The normalized spacial score (nSPS) is 10.6. The summed E-state index contributed by atoms with van der Waals surface area (Å²) in [5.41, 5.74) is 4.53. The Morgan fingerprint density at radius 2 is 1.58 bits per heavy atom. The summed E-state index contributed by atoms with van der Waals surface area (Å²) in [5.74, 6) is -0.455. The van der Waals surface area contributed by atoms with Gasteiger partial charge in [0, 0.05) is 5.56 Å². The molecule has 1 N–H and O–H groups in total. The number of esters is 1. The lowest BCUT2D eigenvalue weighted by atomic mass is 10.1. The van der Waals surface area contributed by atoms with E-state index < -0.39 is 5.97 Å². The van der Waals surface area contributed by atoms with Crippen molar-refractivity contribution in [1.29, 1.82) is 0 Å². The number of aromatic nitrogens is 2. The Kier molecular flexibility index (Phi) is 4.93. The maximum absolute atomic E-state index is 12.3. The van der Waals surface area contributed by atoms with Gasteiger partial charge in [0.25, 0.3) is 5.91 Å². The first-order chi connectivity index (χ1) is 12.4. The van der Waals surface area contributed by atoms with Gasteiger partial charge in [-0.25, -0.2) is 14.8 Å². The molecule has 2 aromatic carbocycles. The quantitative estimate of drug-likeness (QED) is 0.578. The van der Waals surface area contributed by atoms with Gasteiger partial charge >= 0.3 is 5.97 Å². The van der Waals surface area contributed by atoms with Crippen LogP contribution in [0.1, 0.15) is 27.3 Å². The van der Waals surface area contributed by atoms with Gasteiger partial charge in [0.1, 0.15) is 12.3 Å². The van der Waals surface area contributed by atoms with Crippen LogP contribution in [-0.4, -0.2) is 28.4 Å². The molecule has 0 aliphatic rings. The van der Waals surface area contributed by atoms with E-state index in [1.807, 2.05) is 32.9 Å².